The number of ether oxygens (including phenoxy) is 2. The van der Waals surface area contributed by atoms with Gasteiger partial charge >= 0.3 is 5.97 Å². The largest absolute Gasteiger partial charge is 0.494 e. The van der Waals surface area contributed by atoms with Crippen molar-refractivity contribution in [2.24, 2.45) is 10.9 Å². The molecule has 2 aromatic rings. The molecule has 0 amide bonds. The third-order valence-electron chi connectivity index (χ3n) is 4.62. The minimum atomic E-state index is -0.113. The Kier molecular flexibility index (Phi) is 6.52. The zero-order valence-electron chi connectivity index (χ0n) is 15.6. The van der Waals surface area contributed by atoms with E-state index >= 15 is 0 Å². The van der Waals surface area contributed by atoms with Gasteiger partial charge in [0.2, 0.25) is 0 Å². The first-order chi connectivity index (χ1) is 13.2. The van der Waals surface area contributed by atoms with Crippen molar-refractivity contribution in [1.82, 2.24) is 4.73 Å². The number of nitrogens with zero attached hydrogens (tertiary/aromatic N) is 2. The van der Waals surface area contributed by atoms with E-state index in [1.807, 2.05) is 19.1 Å². The topological polar surface area (TPSA) is 73.0 Å². The molecule has 0 bridgehead atoms. The summed E-state index contributed by atoms with van der Waals surface area (Å²) in [6, 6.07) is 11.5. The van der Waals surface area contributed by atoms with E-state index in [-0.39, 0.29) is 5.97 Å². The van der Waals surface area contributed by atoms with Crippen LogP contribution in [0.15, 0.2) is 47.6 Å². The van der Waals surface area contributed by atoms with E-state index in [2.05, 4.69) is 17.1 Å². The lowest BCUT2D eigenvalue weighted by atomic mass is 10.0. The maximum absolute atomic E-state index is 11.7. The molecule has 0 aliphatic heterocycles. The number of pyridine rings is 1. The second kappa shape index (κ2) is 9.26. The van der Waals surface area contributed by atoms with Crippen LogP contribution in [-0.4, -0.2) is 35.7 Å². The van der Waals surface area contributed by atoms with E-state index in [9.17, 15) is 10.0 Å². The van der Waals surface area contributed by atoms with Crippen LogP contribution in [0.4, 0.5) is 0 Å². The van der Waals surface area contributed by atoms with Gasteiger partial charge in [0.1, 0.15) is 5.75 Å². The Morgan fingerprint density at radius 1 is 1.26 bits per heavy atom. The molecular formula is C21H26N2O4. The van der Waals surface area contributed by atoms with Gasteiger partial charge in [-0.15, -0.1) is 0 Å². The minimum absolute atomic E-state index is 0.113. The number of hydrogen-bond donors (Lipinski definition) is 1. The second-order valence-electron chi connectivity index (χ2n) is 6.70. The van der Waals surface area contributed by atoms with Crippen molar-refractivity contribution in [3.63, 3.8) is 0 Å². The first-order valence-electron chi connectivity index (χ1n) is 9.43. The molecule has 0 radical (unpaired) electrons. The van der Waals surface area contributed by atoms with Crippen LogP contribution < -0.4 is 10.2 Å². The van der Waals surface area contributed by atoms with Crippen LogP contribution in [-0.2, 0) is 22.4 Å². The molecule has 27 heavy (non-hydrogen) atoms. The summed E-state index contributed by atoms with van der Waals surface area (Å²) in [6.45, 7) is 3.41. The Hall–Kier alpha value is -2.76. The highest BCUT2D eigenvalue weighted by atomic mass is 16.5. The summed E-state index contributed by atoms with van der Waals surface area (Å²) in [5.41, 5.74) is 3.09. The van der Waals surface area contributed by atoms with E-state index in [1.165, 1.54) is 11.1 Å². The highest BCUT2D eigenvalue weighted by molar-refractivity contribution is 5.70. The average Bonchev–Trinajstić information content (AvgIpc) is 3.04. The SMILES string of the molecule is CCOC(=O)CC1Cc2ccc(OCCCN=c3ccccn3O)cc2C1. The summed E-state index contributed by atoms with van der Waals surface area (Å²) < 4.78 is 11.9. The molecule has 1 aliphatic rings. The lowest BCUT2D eigenvalue weighted by Crippen LogP contribution is -2.17. The number of benzene rings is 1. The first-order valence-corrected chi connectivity index (χ1v) is 9.43. The van der Waals surface area contributed by atoms with E-state index in [0.29, 0.717) is 37.6 Å². The lowest BCUT2D eigenvalue weighted by Gasteiger charge is -2.07. The minimum Gasteiger partial charge on any atom is -0.494 e. The first kappa shape index (κ1) is 19.0. The summed E-state index contributed by atoms with van der Waals surface area (Å²) >= 11 is 0. The molecule has 0 saturated carbocycles. The maximum atomic E-state index is 11.7. The van der Waals surface area contributed by atoms with Crippen LogP contribution >= 0.6 is 0 Å². The summed E-state index contributed by atoms with van der Waals surface area (Å²) in [6.07, 6.45) is 4.60. The summed E-state index contributed by atoms with van der Waals surface area (Å²) in [5, 5.41) is 9.60. The van der Waals surface area contributed by atoms with Crippen LogP contribution in [0.5, 0.6) is 5.75 Å². The molecule has 1 aromatic heterocycles. The quantitative estimate of drug-likeness (QED) is 0.441. The van der Waals surface area contributed by atoms with Crippen LogP contribution in [0.2, 0.25) is 0 Å². The third-order valence-corrected chi connectivity index (χ3v) is 4.62. The number of hydrogen-bond acceptors (Lipinski definition) is 5. The Morgan fingerprint density at radius 2 is 2.11 bits per heavy atom. The van der Waals surface area contributed by atoms with Gasteiger partial charge < -0.3 is 14.7 Å². The molecule has 6 nitrogen and oxygen atoms in total. The Balaban J connectivity index is 1.46. The number of aromatic nitrogens is 1. The molecule has 1 atom stereocenters. The zero-order valence-corrected chi connectivity index (χ0v) is 15.6. The van der Waals surface area contributed by atoms with Crippen molar-refractivity contribution in [3.05, 3.63) is 59.2 Å². The fourth-order valence-electron chi connectivity index (χ4n) is 3.37. The monoisotopic (exact) mass is 370 g/mol. The van der Waals surface area contributed by atoms with E-state index in [1.54, 1.807) is 18.3 Å². The number of carbonyl (C=O) groups excluding carboxylic acids is 1. The average molecular weight is 370 g/mol. The number of carbonyl (C=O) groups is 1. The predicted molar refractivity (Wildman–Crippen MR) is 101 cm³/mol. The highest BCUT2D eigenvalue weighted by Gasteiger charge is 2.24. The molecule has 0 fully saturated rings. The molecule has 0 spiro atoms. The predicted octanol–water partition coefficient (Wildman–Crippen LogP) is 2.76. The van der Waals surface area contributed by atoms with Crippen LogP contribution in [0.1, 0.15) is 30.9 Å². The summed E-state index contributed by atoms with van der Waals surface area (Å²) in [7, 11) is 0. The van der Waals surface area contributed by atoms with Gasteiger partial charge in [0.15, 0.2) is 5.49 Å². The van der Waals surface area contributed by atoms with Crippen molar-refractivity contribution >= 4 is 5.97 Å². The van der Waals surface area contributed by atoms with Crippen molar-refractivity contribution in [3.8, 4) is 5.75 Å². The van der Waals surface area contributed by atoms with Crippen molar-refractivity contribution in [1.29, 1.82) is 0 Å². The Bertz CT molecular complexity index is 844. The molecule has 1 heterocycles. The fraction of sp³-hybridized carbons (Fsp3) is 0.429. The number of rotatable bonds is 8. The highest BCUT2D eigenvalue weighted by Crippen LogP contribution is 2.31. The Labute approximate surface area is 159 Å². The zero-order chi connectivity index (χ0) is 19.1. The van der Waals surface area contributed by atoms with Crippen LogP contribution in [0.25, 0.3) is 0 Å². The van der Waals surface area contributed by atoms with Crippen LogP contribution in [0, 0.1) is 5.92 Å². The summed E-state index contributed by atoms with van der Waals surface area (Å²) in [5.74, 6) is 1.06. The molecule has 6 heteroatoms. The third kappa shape index (κ3) is 5.36. The fourth-order valence-corrected chi connectivity index (χ4v) is 3.37. The van der Waals surface area contributed by atoms with Gasteiger partial charge in [0, 0.05) is 25.6 Å². The molecule has 1 aromatic carbocycles. The van der Waals surface area contributed by atoms with Gasteiger partial charge in [0.25, 0.3) is 0 Å². The van der Waals surface area contributed by atoms with E-state index < -0.39 is 0 Å². The normalized spacial score (nSPS) is 16.2. The van der Waals surface area contributed by atoms with Crippen molar-refractivity contribution in [2.75, 3.05) is 19.8 Å². The second-order valence-corrected chi connectivity index (χ2v) is 6.70. The van der Waals surface area contributed by atoms with Gasteiger partial charge in [-0.2, -0.15) is 4.73 Å². The van der Waals surface area contributed by atoms with E-state index in [4.69, 9.17) is 9.47 Å². The Morgan fingerprint density at radius 3 is 2.93 bits per heavy atom. The number of fused-ring (bicyclic) bond motifs is 1. The van der Waals surface area contributed by atoms with E-state index in [0.717, 1.165) is 29.7 Å². The maximum Gasteiger partial charge on any atom is 0.306 e. The van der Waals surface area contributed by atoms with Gasteiger partial charge in [-0.3, -0.25) is 9.79 Å². The number of esters is 1. The lowest BCUT2D eigenvalue weighted by molar-refractivity contribution is -0.144. The molecule has 1 aliphatic carbocycles. The smallest absolute Gasteiger partial charge is 0.306 e. The molecular weight excluding hydrogens is 344 g/mol. The van der Waals surface area contributed by atoms with Gasteiger partial charge in [-0.05, 0) is 61.1 Å². The van der Waals surface area contributed by atoms with Crippen LogP contribution in [0.3, 0.4) is 0 Å². The van der Waals surface area contributed by atoms with Crippen molar-refractivity contribution in [2.45, 2.75) is 32.6 Å². The summed E-state index contributed by atoms with van der Waals surface area (Å²) in [4.78, 5) is 16.0. The van der Waals surface area contributed by atoms with Crippen molar-refractivity contribution < 1.29 is 19.5 Å². The van der Waals surface area contributed by atoms with Gasteiger partial charge in [0.05, 0.1) is 13.2 Å². The molecule has 0 saturated heterocycles. The molecule has 3 rings (SSSR count). The van der Waals surface area contributed by atoms with Gasteiger partial charge in [-0.25, -0.2) is 0 Å². The van der Waals surface area contributed by atoms with Gasteiger partial charge in [-0.1, -0.05) is 12.1 Å². The standard InChI is InChI=1S/C21H26N2O4/c1-2-26-21(24)14-16-12-17-7-8-19(15-18(17)13-16)27-11-5-9-22-20-6-3-4-10-23(20)25/h3-4,6-8,10,15-16,25H,2,5,9,11-14H2,1H3. The molecule has 1 N–H and O–H groups in total. The molecule has 144 valence electrons. The molecule has 1 unspecified atom stereocenters.